The van der Waals surface area contributed by atoms with Gasteiger partial charge in [-0.1, -0.05) is 11.3 Å². The van der Waals surface area contributed by atoms with Crippen molar-refractivity contribution in [1.82, 2.24) is 4.98 Å². The number of nitrogens with two attached hydrogens (primary N) is 1. The summed E-state index contributed by atoms with van der Waals surface area (Å²) in [6.45, 7) is 1.67. The van der Waals surface area contributed by atoms with Gasteiger partial charge >= 0.3 is 6.09 Å². The number of nitrogens with zero attached hydrogens (tertiary/aromatic N) is 1. The van der Waals surface area contributed by atoms with E-state index in [-0.39, 0.29) is 0 Å². The lowest BCUT2D eigenvalue weighted by molar-refractivity contribution is 0.1000. The van der Waals surface area contributed by atoms with E-state index in [0.29, 0.717) is 27.2 Å². The van der Waals surface area contributed by atoms with Crippen molar-refractivity contribution in [3.63, 3.8) is 0 Å². The van der Waals surface area contributed by atoms with E-state index >= 15 is 0 Å². The fraction of sp³-hybridized carbons (Fsp3) is 0.0833. The van der Waals surface area contributed by atoms with Gasteiger partial charge < -0.3 is 15.6 Å². The topological polar surface area (TPSA) is 115 Å². The molecule has 7 nitrogen and oxygen atoms in total. The highest BCUT2D eigenvalue weighted by atomic mass is 32.1. The van der Waals surface area contributed by atoms with Crippen LogP contribution in [0.15, 0.2) is 24.3 Å². The number of hydrogen-bond donors (Lipinski definition) is 3. The smallest absolute Gasteiger partial charge is 0.409 e. The van der Waals surface area contributed by atoms with Crippen LogP contribution in [-0.4, -0.2) is 22.1 Å². The second kappa shape index (κ2) is 5.57. The van der Waals surface area contributed by atoms with Crippen molar-refractivity contribution in [3.05, 3.63) is 35.5 Å². The number of nitrogens with one attached hydrogen (secondary N) is 1. The predicted octanol–water partition coefficient (Wildman–Crippen LogP) is 2.43. The number of aromatic nitrogens is 1. The molecule has 0 radical (unpaired) electrons. The summed E-state index contributed by atoms with van der Waals surface area (Å²) in [5.41, 5.74) is 6.04. The quantitative estimate of drug-likeness (QED) is 0.800. The lowest BCUT2D eigenvalue weighted by Crippen LogP contribution is -2.10. The average Bonchev–Trinajstić information content (AvgIpc) is 2.69. The SMILES string of the molecule is Cc1nc(Oc2ccc(C(N)=O)cc2)sc1NC(=O)O. The van der Waals surface area contributed by atoms with Crippen molar-refractivity contribution >= 4 is 28.3 Å². The molecule has 2 rings (SSSR count). The molecule has 0 bridgehead atoms. The van der Waals surface area contributed by atoms with Crippen LogP contribution in [0.4, 0.5) is 9.80 Å². The molecule has 0 aliphatic carbocycles. The maximum atomic E-state index is 10.9. The van der Waals surface area contributed by atoms with Crippen LogP contribution < -0.4 is 15.8 Å². The molecule has 104 valence electrons. The van der Waals surface area contributed by atoms with E-state index in [9.17, 15) is 9.59 Å². The minimum atomic E-state index is -1.16. The van der Waals surface area contributed by atoms with Crippen molar-refractivity contribution in [1.29, 1.82) is 0 Å². The summed E-state index contributed by atoms with van der Waals surface area (Å²) in [5.74, 6) is -0.0415. The normalized spacial score (nSPS) is 10.1. The van der Waals surface area contributed by atoms with Crippen LogP contribution in [0, 0.1) is 6.92 Å². The molecule has 0 spiro atoms. The number of hydrogen-bond acceptors (Lipinski definition) is 5. The van der Waals surface area contributed by atoms with Gasteiger partial charge in [-0.05, 0) is 31.2 Å². The highest BCUT2D eigenvalue weighted by Gasteiger charge is 2.11. The summed E-state index contributed by atoms with van der Waals surface area (Å²) < 4.78 is 5.48. The van der Waals surface area contributed by atoms with Crippen LogP contribution in [0.25, 0.3) is 0 Å². The second-order valence-electron chi connectivity index (χ2n) is 3.82. The number of carboxylic acid groups (broad SMARTS) is 1. The van der Waals surface area contributed by atoms with E-state index < -0.39 is 12.0 Å². The number of benzene rings is 1. The number of carbonyl (C=O) groups excluding carboxylic acids is 1. The zero-order valence-corrected chi connectivity index (χ0v) is 11.2. The van der Waals surface area contributed by atoms with Gasteiger partial charge in [0.25, 0.3) is 5.19 Å². The van der Waals surface area contributed by atoms with Gasteiger partial charge in [0.2, 0.25) is 5.91 Å². The third kappa shape index (κ3) is 3.23. The van der Waals surface area contributed by atoms with E-state index in [4.69, 9.17) is 15.6 Å². The molecule has 8 heteroatoms. The van der Waals surface area contributed by atoms with E-state index in [1.807, 2.05) is 0 Å². The van der Waals surface area contributed by atoms with Gasteiger partial charge in [-0.15, -0.1) is 0 Å². The van der Waals surface area contributed by atoms with Gasteiger partial charge in [0.05, 0.1) is 5.69 Å². The van der Waals surface area contributed by atoms with Crippen LogP contribution in [-0.2, 0) is 0 Å². The number of ether oxygens (including phenoxy) is 1. The Balaban J connectivity index is 2.13. The molecular formula is C12H11N3O4S. The zero-order valence-electron chi connectivity index (χ0n) is 10.4. The fourth-order valence-corrected chi connectivity index (χ4v) is 2.24. The summed E-state index contributed by atoms with van der Waals surface area (Å²) in [7, 11) is 0. The summed E-state index contributed by atoms with van der Waals surface area (Å²) in [6, 6.07) is 6.24. The van der Waals surface area contributed by atoms with Gasteiger partial charge in [-0.25, -0.2) is 9.78 Å². The number of thiazole rings is 1. The zero-order chi connectivity index (χ0) is 14.7. The van der Waals surface area contributed by atoms with Crippen molar-refractivity contribution < 1.29 is 19.4 Å². The maximum absolute atomic E-state index is 10.9. The lowest BCUT2D eigenvalue weighted by atomic mass is 10.2. The molecule has 0 saturated heterocycles. The highest BCUT2D eigenvalue weighted by Crippen LogP contribution is 2.32. The van der Waals surface area contributed by atoms with Gasteiger partial charge in [-0.3, -0.25) is 10.1 Å². The number of rotatable bonds is 4. The first-order chi connectivity index (χ1) is 9.45. The standard InChI is InChI=1S/C12H11N3O4S/c1-6-10(15-11(17)18)20-12(14-6)19-8-4-2-7(3-5-8)9(13)16/h2-5,15H,1H3,(H2,13,16)(H,17,18). The second-order valence-corrected chi connectivity index (χ2v) is 4.78. The van der Waals surface area contributed by atoms with Gasteiger partial charge in [-0.2, -0.15) is 0 Å². The number of amides is 2. The Morgan fingerprint density at radius 1 is 1.35 bits per heavy atom. The molecule has 0 fully saturated rings. The van der Waals surface area contributed by atoms with Gasteiger partial charge in [0, 0.05) is 5.56 Å². The largest absolute Gasteiger partial charge is 0.465 e. The average molecular weight is 293 g/mol. The van der Waals surface area contributed by atoms with Crippen molar-refractivity contribution in [2.24, 2.45) is 5.73 Å². The molecule has 0 aliphatic heterocycles. The minimum absolute atomic E-state index is 0.304. The first kappa shape index (κ1) is 13.8. The Bertz CT molecular complexity index is 651. The Morgan fingerprint density at radius 2 is 2.00 bits per heavy atom. The maximum Gasteiger partial charge on any atom is 0.409 e. The number of anilines is 1. The molecule has 2 amide bonds. The summed E-state index contributed by atoms with van der Waals surface area (Å²) in [4.78, 5) is 25.6. The van der Waals surface area contributed by atoms with Crippen LogP contribution in [0.1, 0.15) is 16.1 Å². The summed E-state index contributed by atoms with van der Waals surface area (Å²) in [6.07, 6.45) is -1.16. The van der Waals surface area contributed by atoms with Crippen molar-refractivity contribution in [2.45, 2.75) is 6.92 Å². The minimum Gasteiger partial charge on any atom is -0.465 e. The monoisotopic (exact) mass is 293 g/mol. The first-order valence-corrected chi connectivity index (χ1v) is 6.32. The molecule has 2 aromatic rings. The Labute approximate surface area is 118 Å². The van der Waals surface area contributed by atoms with E-state index in [0.717, 1.165) is 11.3 Å². The van der Waals surface area contributed by atoms with Crippen molar-refractivity contribution in [2.75, 3.05) is 5.32 Å². The Kier molecular flexibility index (Phi) is 3.85. The molecule has 0 atom stereocenters. The van der Waals surface area contributed by atoms with E-state index in [1.54, 1.807) is 19.1 Å². The number of primary amides is 1. The molecule has 4 N–H and O–H groups in total. The third-order valence-electron chi connectivity index (χ3n) is 2.34. The molecule has 0 unspecified atom stereocenters. The summed E-state index contributed by atoms with van der Waals surface area (Å²) >= 11 is 1.08. The van der Waals surface area contributed by atoms with Crippen LogP contribution in [0.5, 0.6) is 10.9 Å². The van der Waals surface area contributed by atoms with Gasteiger partial charge in [0.1, 0.15) is 10.8 Å². The number of carbonyl (C=O) groups is 2. The molecule has 1 aromatic heterocycles. The lowest BCUT2D eigenvalue weighted by Gasteiger charge is -2.01. The van der Waals surface area contributed by atoms with Gasteiger partial charge in [0.15, 0.2) is 0 Å². The Hall–Kier alpha value is -2.61. The number of aryl methyl sites for hydroxylation is 1. The molecule has 1 aromatic carbocycles. The molecule has 1 heterocycles. The third-order valence-corrected chi connectivity index (χ3v) is 3.29. The van der Waals surface area contributed by atoms with E-state index in [2.05, 4.69) is 10.3 Å². The van der Waals surface area contributed by atoms with Crippen LogP contribution in [0.3, 0.4) is 0 Å². The molecule has 20 heavy (non-hydrogen) atoms. The van der Waals surface area contributed by atoms with E-state index in [1.165, 1.54) is 12.1 Å². The molecular weight excluding hydrogens is 282 g/mol. The van der Waals surface area contributed by atoms with Crippen molar-refractivity contribution in [3.8, 4) is 10.9 Å². The highest BCUT2D eigenvalue weighted by molar-refractivity contribution is 7.17. The summed E-state index contributed by atoms with van der Waals surface area (Å²) in [5, 5.41) is 11.6. The molecule has 0 saturated carbocycles. The van der Waals surface area contributed by atoms with Crippen LogP contribution >= 0.6 is 11.3 Å². The first-order valence-electron chi connectivity index (χ1n) is 5.51. The predicted molar refractivity (Wildman–Crippen MR) is 73.5 cm³/mol. The Morgan fingerprint density at radius 3 is 2.55 bits per heavy atom. The van der Waals surface area contributed by atoms with Crippen LogP contribution in [0.2, 0.25) is 0 Å². The fourth-order valence-electron chi connectivity index (χ4n) is 1.42. The molecule has 0 aliphatic rings.